The van der Waals surface area contributed by atoms with Gasteiger partial charge in [-0.2, -0.15) is 14.9 Å². The number of methoxy groups -OCH3 is 2. The normalized spacial score (nSPS) is 14.5. The summed E-state index contributed by atoms with van der Waals surface area (Å²) in [5.41, 5.74) is 3.97. The Balaban J connectivity index is 1.56. The molecule has 0 fully saturated rings. The van der Waals surface area contributed by atoms with Gasteiger partial charge in [-0.25, -0.2) is 4.98 Å². The van der Waals surface area contributed by atoms with E-state index in [4.69, 9.17) is 14.2 Å². The molecule has 2 aromatic carbocycles. The molecule has 188 valence electrons. The zero-order chi connectivity index (χ0) is 25.9. The molecule has 1 amide bonds. The molecule has 1 aliphatic rings. The summed E-state index contributed by atoms with van der Waals surface area (Å²) in [6.07, 6.45) is 3.51. The van der Waals surface area contributed by atoms with Crippen LogP contribution in [0.2, 0.25) is 0 Å². The molecule has 1 atom stereocenters. The van der Waals surface area contributed by atoms with E-state index in [0.717, 1.165) is 22.4 Å². The molecule has 5 rings (SSSR count). The van der Waals surface area contributed by atoms with Crippen LogP contribution in [0.25, 0.3) is 17.2 Å². The number of carbonyl (C=O) groups excluding carboxylic acids is 1. The number of rotatable bonds is 8. The molecule has 0 saturated carbocycles. The standard InChI is InChI=1S/C27H26N6O4/c1-5-11-37-22-10-9-17(13-23(22)36-4)20-14-24(34)30-26-25(20)16(2)32-33(26)27-29-21(15-28-31-27)18-7-6-8-19(12-18)35-3/h5-10,12-13,15,20H,1,11,14H2,2-4H3,(H,30,34)/t20-/m1/s1. The number of aromatic nitrogens is 5. The second-order valence-electron chi connectivity index (χ2n) is 8.45. The molecular formula is C27H26N6O4. The van der Waals surface area contributed by atoms with Gasteiger partial charge in [0.1, 0.15) is 18.2 Å². The third-order valence-corrected chi connectivity index (χ3v) is 6.15. The summed E-state index contributed by atoms with van der Waals surface area (Å²) in [7, 11) is 3.19. The fourth-order valence-corrected chi connectivity index (χ4v) is 4.45. The van der Waals surface area contributed by atoms with Crippen molar-refractivity contribution in [3.05, 3.63) is 78.1 Å². The maximum absolute atomic E-state index is 12.8. The first-order valence-electron chi connectivity index (χ1n) is 11.7. The second-order valence-corrected chi connectivity index (χ2v) is 8.45. The maximum atomic E-state index is 12.8. The average Bonchev–Trinajstić information content (AvgIpc) is 3.27. The Morgan fingerprint density at radius 3 is 2.81 bits per heavy atom. The first kappa shape index (κ1) is 24.0. The van der Waals surface area contributed by atoms with E-state index in [0.29, 0.717) is 35.4 Å². The minimum Gasteiger partial charge on any atom is -0.497 e. The number of aryl methyl sites for hydroxylation is 1. The predicted octanol–water partition coefficient (Wildman–Crippen LogP) is 4.09. The van der Waals surface area contributed by atoms with Gasteiger partial charge in [-0.3, -0.25) is 4.79 Å². The highest BCUT2D eigenvalue weighted by molar-refractivity contribution is 5.95. The highest BCUT2D eigenvalue weighted by atomic mass is 16.5. The van der Waals surface area contributed by atoms with E-state index in [1.54, 1.807) is 26.5 Å². The number of anilines is 1. The third-order valence-electron chi connectivity index (χ3n) is 6.15. The topological polar surface area (TPSA) is 113 Å². The van der Waals surface area contributed by atoms with Gasteiger partial charge in [0.2, 0.25) is 5.91 Å². The molecule has 0 bridgehead atoms. The monoisotopic (exact) mass is 498 g/mol. The number of fused-ring (bicyclic) bond motifs is 1. The number of hydrogen-bond acceptors (Lipinski definition) is 8. The van der Waals surface area contributed by atoms with Gasteiger partial charge in [-0.1, -0.05) is 30.9 Å². The smallest absolute Gasteiger partial charge is 0.272 e. The van der Waals surface area contributed by atoms with Gasteiger partial charge in [0.05, 0.1) is 31.8 Å². The molecule has 3 heterocycles. The number of benzene rings is 2. The molecule has 0 spiro atoms. The van der Waals surface area contributed by atoms with Gasteiger partial charge in [-0.05, 0) is 36.8 Å². The van der Waals surface area contributed by atoms with Crippen LogP contribution in [-0.2, 0) is 4.79 Å². The fraction of sp³-hybridized carbons (Fsp3) is 0.222. The lowest BCUT2D eigenvalue weighted by Gasteiger charge is -2.25. The lowest BCUT2D eigenvalue weighted by molar-refractivity contribution is -0.116. The molecule has 2 aromatic heterocycles. The molecule has 37 heavy (non-hydrogen) atoms. The first-order valence-corrected chi connectivity index (χ1v) is 11.7. The highest BCUT2D eigenvalue weighted by Gasteiger charge is 2.34. The molecule has 0 radical (unpaired) electrons. The molecular weight excluding hydrogens is 472 g/mol. The van der Waals surface area contributed by atoms with Gasteiger partial charge in [0.25, 0.3) is 5.95 Å². The predicted molar refractivity (Wildman–Crippen MR) is 137 cm³/mol. The van der Waals surface area contributed by atoms with Crippen LogP contribution in [0.4, 0.5) is 5.82 Å². The molecule has 0 unspecified atom stereocenters. The van der Waals surface area contributed by atoms with Crippen molar-refractivity contribution in [2.45, 2.75) is 19.3 Å². The van der Waals surface area contributed by atoms with E-state index in [-0.39, 0.29) is 24.2 Å². The number of carbonyl (C=O) groups is 1. The summed E-state index contributed by atoms with van der Waals surface area (Å²) in [5.74, 6) is 2.28. The van der Waals surface area contributed by atoms with E-state index in [1.165, 1.54) is 4.68 Å². The Morgan fingerprint density at radius 1 is 1.16 bits per heavy atom. The van der Waals surface area contributed by atoms with Gasteiger partial charge in [0, 0.05) is 23.5 Å². The van der Waals surface area contributed by atoms with E-state index in [2.05, 4.69) is 32.2 Å². The van der Waals surface area contributed by atoms with Crippen LogP contribution in [0.15, 0.2) is 61.3 Å². The largest absolute Gasteiger partial charge is 0.497 e. The van der Waals surface area contributed by atoms with Gasteiger partial charge < -0.3 is 19.5 Å². The van der Waals surface area contributed by atoms with Crippen molar-refractivity contribution in [2.75, 3.05) is 26.1 Å². The Bertz CT molecular complexity index is 1480. The Kier molecular flexibility index (Phi) is 6.55. The number of amides is 1. The number of nitrogens with zero attached hydrogens (tertiary/aromatic N) is 5. The fourth-order valence-electron chi connectivity index (χ4n) is 4.45. The zero-order valence-corrected chi connectivity index (χ0v) is 20.8. The average molecular weight is 499 g/mol. The van der Waals surface area contributed by atoms with Gasteiger partial charge in [0.15, 0.2) is 11.5 Å². The summed E-state index contributed by atoms with van der Waals surface area (Å²) in [6, 6.07) is 13.2. The van der Waals surface area contributed by atoms with Crippen molar-refractivity contribution in [3.8, 4) is 34.5 Å². The van der Waals surface area contributed by atoms with Crippen LogP contribution in [-0.4, -0.2) is 51.7 Å². The molecule has 10 nitrogen and oxygen atoms in total. The quantitative estimate of drug-likeness (QED) is 0.362. The Labute approximate surface area is 213 Å². The summed E-state index contributed by atoms with van der Waals surface area (Å²) >= 11 is 0. The zero-order valence-electron chi connectivity index (χ0n) is 20.8. The lowest BCUT2D eigenvalue weighted by atomic mass is 9.85. The highest BCUT2D eigenvalue weighted by Crippen LogP contribution is 2.42. The minimum absolute atomic E-state index is 0.137. The van der Waals surface area contributed by atoms with E-state index < -0.39 is 0 Å². The van der Waals surface area contributed by atoms with E-state index >= 15 is 0 Å². The maximum Gasteiger partial charge on any atom is 0.272 e. The van der Waals surface area contributed by atoms with Crippen LogP contribution < -0.4 is 19.5 Å². The minimum atomic E-state index is -0.241. The molecule has 4 aromatic rings. The van der Waals surface area contributed by atoms with Crippen molar-refractivity contribution in [1.82, 2.24) is 25.0 Å². The van der Waals surface area contributed by atoms with Crippen molar-refractivity contribution >= 4 is 11.7 Å². The van der Waals surface area contributed by atoms with E-state index in [1.807, 2.05) is 49.4 Å². The Morgan fingerprint density at radius 2 is 2.03 bits per heavy atom. The Hall–Kier alpha value is -4.73. The summed E-state index contributed by atoms with van der Waals surface area (Å²) in [5, 5.41) is 16.0. The third kappa shape index (κ3) is 4.61. The van der Waals surface area contributed by atoms with Gasteiger partial charge >= 0.3 is 0 Å². The number of nitrogens with one attached hydrogen (secondary N) is 1. The van der Waals surface area contributed by atoms with Crippen LogP contribution >= 0.6 is 0 Å². The van der Waals surface area contributed by atoms with E-state index in [9.17, 15) is 4.79 Å². The molecule has 1 N–H and O–H groups in total. The number of ether oxygens (including phenoxy) is 3. The first-order chi connectivity index (χ1) is 18.0. The molecule has 0 saturated heterocycles. The van der Waals surface area contributed by atoms with Crippen molar-refractivity contribution in [2.24, 2.45) is 0 Å². The molecule has 10 heteroatoms. The number of hydrogen-bond donors (Lipinski definition) is 1. The van der Waals surface area contributed by atoms with Crippen molar-refractivity contribution < 1.29 is 19.0 Å². The lowest BCUT2D eigenvalue weighted by Crippen LogP contribution is -2.25. The van der Waals surface area contributed by atoms with Crippen LogP contribution in [0.3, 0.4) is 0 Å². The van der Waals surface area contributed by atoms with Crippen molar-refractivity contribution in [3.63, 3.8) is 0 Å². The molecule has 1 aliphatic heterocycles. The van der Waals surface area contributed by atoms with Crippen LogP contribution in [0.1, 0.15) is 29.2 Å². The summed E-state index contributed by atoms with van der Waals surface area (Å²) in [4.78, 5) is 17.5. The van der Waals surface area contributed by atoms with Crippen molar-refractivity contribution in [1.29, 1.82) is 0 Å². The SMILES string of the molecule is C=CCOc1ccc([C@H]2CC(=O)Nc3c2c(C)nn3-c2nncc(-c3cccc(OC)c3)n2)cc1OC. The summed E-state index contributed by atoms with van der Waals surface area (Å²) < 4.78 is 18.1. The molecule has 0 aliphatic carbocycles. The summed E-state index contributed by atoms with van der Waals surface area (Å²) in [6.45, 7) is 5.95. The second kappa shape index (κ2) is 10.1. The van der Waals surface area contributed by atoms with Gasteiger partial charge in [-0.15, -0.1) is 5.10 Å². The van der Waals surface area contributed by atoms with Crippen LogP contribution in [0.5, 0.6) is 17.2 Å². The van der Waals surface area contributed by atoms with Crippen LogP contribution in [0, 0.1) is 6.92 Å².